The van der Waals surface area contributed by atoms with Gasteiger partial charge in [0, 0.05) is 6.20 Å². The minimum Gasteiger partial charge on any atom is -0.387 e. The fourth-order valence-corrected chi connectivity index (χ4v) is 3.56. The van der Waals surface area contributed by atoms with Crippen molar-refractivity contribution in [1.82, 2.24) is 14.5 Å². The molecule has 2 aromatic rings. The lowest BCUT2D eigenvalue weighted by Crippen LogP contribution is -2.46. The average Bonchev–Trinajstić information content (AvgIpc) is 2.99. The van der Waals surface area contributed by atoms with E-state index >= 15 is 0 Å². The van der Waals surface area contributed by atoms with Gasteiger partial charge in [0.1, 0.15) is 35.6 Å². The van der Waals surface area contributed by atoms with Crippen molar-refractivity contribution < 1.29 is 33.8 Å². The summed E-state index contributed by atoms with van der Waals surface area (Å²) in [4.78, 5) is 25.9. The predicted molar refractivity (Wildman–Crippen MR) is 85.1 cm³/mol. The number of fused-ring (bicyclic) bond motifs is 1. The third kappa shape index (κ3) is 3.15. The number of phosphoric ester groups is 1. The van der Waals surface area contributed by atoms with Crippen LogP contribution >= 0.6 is 7.82 Å². The Kier molecular flexibility index (Phi) is 4.36. The molecule has 2 aromatic heterocycles. The van der Waals surface area contributed by atoms with Crippen molar-refractivity contribution in [3.05, 3.63) is 18.6 Å². The average molecular weight is 374 g/mol. The molecule has 0 unspecified atom stereocenters. The third-order valence-corrected chi connectivity index (χ3v) is 4.86. The first kappa shape index (κ1) is 18.2. The van der Waals surface area contributed by atoms with Gasteiger partial charge in [-0.15, -0.1) is 0 Å². The normalized spacial score (nSPS) is 31.5. The molecule has 5 atom stereocenters. The number of rotatable bonds is 4. The third-order valence-electron chi connectivity index (χ3n) is 4.25. The SMILES string of the molecule is C[C@@H](OP(=O)(O)O)[C@H]1O[C@@H](n2ccc3c(N)ncnc32)[C@](C)(O)[C@@H]1O. The molecule has 0 spiro atoms. The fraction of sp³-hybridized carbons (Fsp3) is 0.538. The molecule has 1 saturated heterocycles. The number of aliphatic hydroxyl groups excluding tert-OH is 1. The van der Waals surface area contributed by atoms with E-state index < -0.39 is 38.0 Å². The van der Waals surface area contributed by atoms with Gasteiger partial charge in [0.25, 0.3) is 0 Å². The highest BCUT2D eigenvalue weighted by Crippen LogP contribution is 2.45. The number of aromatic nitrogens is 3. The van der Waals surface area contributed by atoms with E-state index in [2.05, 4.69) is 14.5 Å². The van der Waals surface area contributed by atoms with Crippen LogP contribution in [0.25, 0.3) is 11.0 Å². The number of hydrogen-bond donors (Lipinski definition) is 5. The number of ether oxygens (including phenoxy) is 1. The summed E-state index contributed by atoms with van der Waals surface area (Å²) in [6.45, 7) is 2.68. The van der Waals surface area contributed by atoms with E-state index in [1.807, 2.05) is 0 Å². The van der Waals surface area contributed by atoms with Gasteiger partial charge in [-0.1, -0.05) is 0 Å². The summed E-state index contributed by atoms with van der Waals surface area (Å²) in [7, 11) is -4.78. The standard InChI is InChI=1S/C13H19N4O7P/c1-6(24-25(20,21)22)8-9(18)13(2,19)12(23-8)17-4-3-7-10(14)15-5-16-11(7)17/h3-6,8-9,12,18-19H,1-2H3,(H2,14,15,16)(H2,20,21,22)/t6-,8-,9-,12-,13-/m1/s1. The molecule has 0 radical (unpaired) electrons. The highest BCUT2D eigenvalue weighted by atomic mass is 31.2. The molecule has 0 saturated carbocycles. The zero-order valence-corrected chi connectivity index (χ0v) is 14.3. The van der Waals surface area contributed by atoms with Crippen LogP contribution in [0.15, 0.2) is 18.6 Å². The summed E-state index contributed by atoms with van der Waals surface area (Å²) in [5, 5.41) is 21.7. The van der Waals surface area contributed by atoms with Gasteiger partial charge >= 0.3 is 7.82 Å². The summed E-state index contributed by atoms with van der Waals surface area (Å²) in [6, 6.07) is 1.64. The second kappa shape index (κ2) is 5.99. The lowest BCUT2D eigenvalue weighted by molar-refractivity contribution is -0.0979. The molecular weight excluding hydrogens is 355 g/mol. The van der Waals surface area contributed by atoms with Crippen LogP contribution in [0.4, 0.5) is 5.82 Å². The minimum absolute atomic E-state index is 0.247. The molecule has 138 valence electrons. The molecule has 3 heterocycles. The van der Waals surface area contributed by atoms with Crippen molar-refractivity contribution in [1.29, 1.82) is 0 Å². The zero-order valence-electron chi connectivity index (χ0n) is 13.4. The van der Waals surface area contributed by atoms with Crippen molar-refractivity contribution in [2.24, 2.45) is 0 Å². The molecular formula is C13H19N4O7P. The Bertz CT molecular complexity index is 835. The van der Waals surface area contributed by atoms with Gasteiger partial charge in [-0.05, 0) is 19.9 Å². The Balaban J connectivity index is 1.96. The molecule has 11 nitrogen and oxygen atoms in total. The molecule has 0 amide bonds. The van der Waals surface area contributed by atoms with Gasteiger partial charge in [-0.2, -0.15) is 0 Å². The Hall–Kier alpha value is -1.59. The van der Waals surface area contributed by atoms with Crippen LogP contribution in [-0.2, 0) is 13.8 Å². The van der Waals surface area contributed by atoms with Gasteiger partial charge in [0.2, 0.25) is 0 Å². The van der Waals surface area contributed by atoms with Gasteiger partial charge in [0.05, 0.1) is 11.5 Å². The van der Waals surface area contributed by atoms with E-state index in [0.29, 0.717) is 11.0 Å². The Morgan fingerprint density at radius 1 is 1.48 bits per heavy atom. The number of anilines is 1. The first-order valence-electron chi connectivity index (χ1n) is 7.39. The van der Waals surface area contributed by atoms with E-state index in [0.717, 1.165) is 0 Å². The van der Waals surface area contributed by atoms with Gasteiger partial charge in [-0.25, -0.2) is 14.5 Å². The Morgan fingerprint density at radius 2 is 2.16 bits per heavy atom. The second-order valence-corrected chi connectivity index (χ2v) is 7.34. The zero-order chi connectivity index (χ0) is 18.6. The van der Waals surface area contributed by atoms with E-state index in [4.69, 9.17) is 20.3 Å². The van der Waals surface area contributed by atoms with Crippen LogP contribution in [0.2, 0.25) is 0 Å². The largest absolute Gasteiger partial charge is 0.469 e. The summed E-state index contributed by atoms with van der Waals surface area (Å²) in [6.07, 6.45) is -2.07. The van der Waals surface area contributed by atoms with Gasteiger partial charge in [0.15, 0.2) is 6.23 Å². The molecule has 6 N–H and O–H groups in total. The van der Waals surface area contributed by atoms with Crippen LogP contribution in [0.3, 0.4) is 0 Å². The van der Waals surface area contributed by atoms with E-state index in [1.165, 1.54) is 24.7 Å². The van der Waals surface area contributed by atoms with Crippen LogP contribution in [0.5, 0.6) is 0 Å². The maximum absolute atomic E-state index is 11.0. The molecule has 0 aliphatic carbocycles. The number of aliphatic hydroxyl groups is 2. The molecule has 25 heavy (non-hydrogen) atoms. The highest BCUT2D eigenvalue weighted by molar-refractivity contribution is 7.46. The molecule has 0 bridgehead atoms. The first-order valence-corrected chi connectivity index (χ1v) is 8.92. The topological polar surface area (TPSA) is 173 Å². The van der Waals surface area contributed by atoms with Crippen LogP contribution in [0.1, 0.15) is 20.1 Å². The van der Waals surface area contributed by atoms with Crippen molar-refractivity contribution in [2.45, 2.75) is 44.0 Å². The van der Waals surface area contributed by atoms with E-state index in [9.17, 15) is 14.8 Å². The molecule has 1 fully saturated rings. The number of nitrogen functional groups attached to an aromatic ring is 1. The maximum atomic E-state index is 11.0. The smallest absolute Gasteiger partial charge is 0.387 e. The van der Waals surface area contributed by atoms with E-state index in [1.54, 1.807) is 12.3 Å². The summed E-state index contributed by atoms with van der Waals surface area (Å²) < 4.78 is 22.8. The molecule has 0 aromatic carbocycles. The summed E-state index contributed by atoms with van der Waals surface area (Å²) >= 11 is 0. The number of phosphoric acid groups is 1. The predicted octanol–water partition coefficient (Wildman–Crippen LogP) is -0.479. The Labute approximate surface area is 142 Å². The molecule has 1 aliphatic heterocycles. The molecule has 3 rings (SSSR count). The van der Waals surface area contributed by atoms with Gasteiger partial charge < -0.3 is 35.0 Å². The van der Waals surface area contributed by atoms with Crippen molar-refractivity contribution in [2.75, 3.05) is 5.73 Å². The lowest BCUT2D eigenvalue weighted by Gasteiger charge is -2.28. The van der Waals surface area contributed by atoms with Crippen LogP contribution < -0.4 is 5.73 Å². The number of nitrogens with two attached hydrogens (primary N) is 1. The molecule has 12 heteroatoms. The quantitative estimate of drug-likeness (QED) is 0.440. The van der Waals surface area contributed by atoms with E-state index in [-0.39, 0.29) is 5.82 Å². The van der Waals surface area contributed by atoms with Crippen molar-refractivity contribution in [3.8, 4) is 0 Å². The first-order chi connectivity index (χ1) is 11.5. The minimum atomic E-state index is -4.78. The van der Waals surface area contributed by atoms with Crippen LogP contribution in [0, 0.1) is 0 Å². The van der Waals surface area contributed by atoms with Gasteiger partial charge in [-0.3, -0.25) is 4.52 Å². The van der Waals surface area contributed by atoms with Crippen molar-refractivity contribution >= 4 is 24.7 Å². The Morgan fingerprint density at radius 3 is 2.80 bits per heavy atom. The second-order valence-electron chi connectivity index (χ2n) is 6.14. The highest BCUT2D eigenvalue weighted by Gasteiger charge is 2.55. The van der Waals surface area contributed by atoms with Crippen LogP contribution in [-0.4, -0.2) is 58.4 Å². The lowest BCUT2D eigenvalue weighted by atomic mass is 9.94. The monoisotopic (exact) mass is 374 g/mol. The summed E-state index contributed by atoms with van der Waals surface area (Å²) in [5.74, 6) is 0.247. The fourth-order valence-electron chi connectivity index (χ4n) is 3.01. The summed E-state index contributed by atoms with van der Waals surface area (Å²) in [5.41, 5.74) is 4.39. The van der Waals surface area contributed by atoms with Crippen molar-refractivity contribution in [3.63, 3.8) is 0 Å². The maximum Gasteiger partial charge on any atom is 0.469 e. The molecule has 1 aliphatic rings. The number of hydrogen-bond acceptors (Lipinski definition) is 8. The number of nitrogens with zero attached hydrogens (tertiary/aromatic N) is 3.